The molecule has 0 unspecified atom stereocenters. The molecule has 0 spiro atoms. The molecule has 7 heteroatoms. The first-order valence-corrected chi connectivity index (χ1v) is 9.23. The van der Waals surface area contributed by atoms with E-state index in [1.165, 1.54) is 12.1 Å². The number of esters is 1. The van der Waals surface area contributed by atoms with E-state index < -0.39 is 22.9 Å². The second-order valence-electron chi connectivity index (χ2n) is 6.81. The average Bonchev–Trinajstić information content (AvgIpc) is 2.74. The Bertz CT molecular complexity index is 1080. The van der Waals surface area contributed by atoms with Crippen molar-refractivity contribution in [3.8, 4) is 0 Å². The normalized spacial score (nSPS) is 11.4. The standard InChI is InChI=1S/C23H20N2O5/c1-15-8-12-19(13-9-15)24-22(26)21(17-6-4-3-5-7-17)30-23(27)18-11-10-16(2)20(14-18)25(28)29/h3-14,21H,1-2H3,(H,24,26)/t21-/m1/s1. The number of carbonyl (C=O) groups excluding carboxylic acids is 2. The van der Waals surface area contributed by atoms with E-state index in [-0.39, 0.29) is 11.3 Å². The highest BCUT2D eigenvalue weighted by Crippen LogP contribution is 2.24. The summed E-state index contributed by atoms with van der Waals surface area (Å²) in [5.41, 5.74) is 2.32. The van der Waals surface area contributed by atoms with Gasteiger partial charge >= 0.3 is 5.97 Å². The van der Waals surface area contributed by atoms with Crippen LogP contribution < -0.4 is 5.32 Å². The van der Waals surface area contributed by atoms with Crippen molar-refractivity contribution in [1.29, 1.82) is 0 Å². The van der Waals surface area contributed by atoms with Crippen LogP contribution in [0, 0.1) is 24.0 Å². The van der Waals surface area contributed by atoms with E-state index in [4.69, 9.17) is 4.74 Å². The summed E-state index contributed by atoms with van der Waals surface area (Å²) in [5.74, 6) is -1.36. The van der Waals surface area contributed by atoms with Gasteiger partial charge in [-0.25, -0.2) is 4.79 Å². The first-order valence-electron chi connectivity index (χ1n) is 9.23. The number of nitro groups is 1. The molecule has 0 saturated carbocycles. The SMILES string of the molecule is Cc1ccc(NC(=O)[C@H](OC(=O)c2ccc(C)c([N+](=O)[O-])c2)c2ccccc2)cc1. The number of benzene rings is 3. The van der Waals surface area contributed by atoms with E-state index in [0.717, 1.165) is 11.6 Å². The Morgan fingerprint density at radius 1 is 0.967 bits per heavy atom. The minimum atomic E-state index is -1.22. The number of aryl methyl sites for hydroxylation is 2. The Morgan fingerprint density at radius 3 is 2.27 bits per heavy atom. The molecule has 0 heterocycles. The quantitative estimate of drug-likeness (QED) is 0.363. The molecule has 7 nitrogen and oxygen atoms in total. The maximum absolute atomic E-state index is 12.9. The van der Waals surface area contributed by atoms with E-state index >= 15 is 0 Å². The number of hydrogen-bond donors (Lipinski definition) is 1. The minimum Gasteiger partial charge on any atom is -0.444 e. The molecular weight excluding hydrogens is 384 g/mol. The maximum atomic E-state index is 12.9. The summed E-state index contributed by atoms with van der Waals surface area (Å²) < 4.78 is 5.48. The minimum absolute atomic E-state index is 0.00336. The van der Waals surface area contributed by atoms with Gasteiger partial charge in [0.1, 0.15) is 0 Å². The lowest BCUT2D eigenvalue weighted by Crippen LogP contribution is -2.26. The summed E-state index contributed by atoms with van der Waals surface area (Å²) in [6.45, 7) is 3.51. The van der Waals surface area contributed by atoms with E-state index in [2.05, 4.69) is 5.32 Å². The summed E-state index contributed by atoms with van der Waals surface area (Å²) in [6.07, 6.45) is -1.22. The fourth-order valence-corrected chi connectivity index (χ4v) is 2.85. The van der Waals surface area contributed by atoms with Gasteiger partial charge in [-0.2, -0.15) is 0 Å². The second-order valence-corrected chi connectivity index (χ2v) is 6.81. The Kier molecular flexibility index (Phi) is 6.22. The number of amides is 1. The monoisotopic (exact) mass is 404 g/mol. The lowest BCUT2D eigenvalue weighted by Gasteiger charge is -2.18. The van der Waals surface area contributed by atoms with E-state index in [0.29, 0.717) is 16.8 Å². The van der Waals surface area contributed by atoms with E-state index in [1.807, 2.05) is 19.1 Å². The predicted molar refractivity (Wildman–Crippen MR) is 112 cm³/mol. The Morgan fingerprint density at radius 2 is 1.63 bits per heavy atom. The van der Waals surface area contributed by atoms with Gasteiger partial charge in [0.2, 0.25) is 6.10 Å². The molecule has 1 atom stereocenters. The first kappa shape index (κ1) is 20.7. The molecule has 30 heavy (non-hydrogen) atoms. The molecule has 152 valence electrons. The van der Waals surface area contributed by atoms with Gasteiger partial charge in [-0.3, -0.25) is 14.9 Å². The van der Waals surface area contributed by atoms with Gasteiger partial charge in [0.25, 0.3) is 11.6 Å². The number of rotatable bonds is 6. The third-order valence-corrected chi connectivity index (χ3v) is 4.53. The average molecular weight is 404 g/mol. The van der Waals surface area contributed by atoms with Crippen molar-refractivity contribution in [3.63, 3.8) is 0 Å². The molecule has 3 aromatic carbocycles. The van der Waals surface area contributed by atoms with Gasteiger partial charge in [-0.15, -0.1) is 0 Å². The van der Waals surface area contributed by atoms with Crippen LogP contribution in [-0.4, -0.2) is 16.8 Å². The lowest BCUT2D eigenvalue weighted by atomic mass is 10.1. The molecule has 3 rings (SSSR count). The molecule has 0 aromatic heterocycles. The van der Waals surface area contributed by atoms with Gasteiger partial charge in [0.05, 0.1) is 10.5 Å². The number of nitrogens with one attached hydrogen (secondary N) is 1. The number of carbonyl (C=O) groups is 2. The van der Waals surface area contributed by atoms with Crippen molar-refractivity contribution >= 4 is 23.3 Å². The van der Waals surface area contributed by atoms with Crippen molar-refractivity contribution in [3.05, 3.63) is 105 Å². The number of nitrogens with zero attached hydrogens (tertiary/aromatic N) is 1. The highest BCUT2D eigenvalue weighted by atomic mass is 16.6. The van der Waals surface area contributed by atoms with Crippen molar-refractivity contribution in [1.82, 2.24) is 0 Å². The van der Waals surface area contributed by atoms with Crippen LogP contribution in [0.25, 0.3) is 0 Å². The van der Waals surface area contributed by atoms with Crippen molar-refractivity contribution in [2.75, 3.05) is 5.32 Å². The first-order chi connectivity index (χ1) is 14.3. The van der Waals surface area contributed by atoms with Crippen LogP contribution in [-0.2, 0) is 9.53 Å². The summed E-state index contributed by atoms with van der Waals surface area (Å²) in [4.78, 5) is 36.2. The van der Waals surface area contributed by atoms with Crippen LogP contribution in [0.4, 0.5) is 11.4 Å². The van der Waals surface area contributed by atoms with Gasteiger partial charge in [-0.1, -0.05) is 54.1 Å². The van der Waals surface area contributed by atoms with E-state index in [1.54, 1.807) is 49.4 Å². The highest BCUT2D eigenvalue weighted by molar-refractivity contribution is 5.98. The highest BCUT2D eigenvalue weighted by Gasteiger charge is 2.27. The fraction of sp³-hybridized carbons (Fsp3) is 0.130. The summed E-state index contributed by atoms with van der Waals surface area (Å²) in [6, 6.07) is 19.8. The van der Waals surface area contributed by atoms with Gasteiger partial charge in [0, 0.05) is 22.9 Å². The zero-order chi connectivity index (χ0) is 21.7. The van der Waals surface area contributed by atoms with Crippen LogP contribution in [0.15, 0.2) is 72.8 Å². The molecule has 0 saturated heterocycles. The zero-order valence-electron chi connectivity index (χ0n) is 16.5. The van der Waals surface area contributed by atoms with Gasteiger partial charge < -0.3 is 10.1 Å². The second kappa shape index (κ2) is 9.00. The van der Waals surface area contributed by atoms with Crippen molar-refractivity contribution < 1.29 is 19.2 Å². The molecular formula is C23H20N2O5. The van der Waals surface area contributed by atoms with Crippen LogP contribution >= 0.6 is 0 Å². The van der Waals surface area contributed by atoms with Crippen molar-refractivity contribution in [2.24, 2.45) is 0 Å². The molecule has 1 amide bonds. The molecule has 1 N–H and O–H groups in total. The van der Waals surface area contributed by atoms with Crippen molar-refractivity contribution in [2.45, 2.75) is 20.0 Å². The molecule has 0 bridgehead atoms. The summed E-state index contributed by atoms with van der Waals surface area (Å²) in [5, 5.41) is 13.9. The molecule has 0 aliphatic heterocycles. The molecule has 0 aliphatic carbocycles. The van der Waals surface area contributed by atoms with Crippen LogP contribution in [0.2, 0.25) is 0 Å². The zero-order valence-corrected chi connectivity index (χ0v) is 16.5. The summed E-state index contributed by atoms with van der Waals surface area (Å²) in [7, 11) is 0. The lowest BCUT2D eigenvalue weighted by molar-refractivity contribution is -0.385. The van der Waals surface area contributed by atoms with E-state index in [9.17, 15) is 19.7 Å². The molecule has 0 radical (unpaired) electrons. The number of anilines is 1. The Labute approximate surface area is 173 Å². The molecule has 3 aromatic rings. The molecule has 0 aliphatic rings. The molecule has 0 fully saturated rings. The smallest absolute Gasteiger partial charge is 0.339 e. The fourth-order valence-electron chi connectivity index (χ4n) is 2.85. The third-order valence-electron chi connectivity index (χ3n) is 4.53. The topological polar surface area (TPSA) is 98.5 Å². The van der Waals surface area contributed by atoms with Crippen LogP contribution in [0.3, 0.4) is 0 Å². The number of ether oxygens (including phenoxy) is 1. The Balaban J connectivity index is 1.87. The van der Waals surface area contributed by atoms with Crippen LogP contribution in [0.1, 0.15) is 33.2 Å². The number of hydrogen-bond acceptors (Lipinski definition) is 5. The maximum Gasteiger partial charge on any atom is 0.339 e. The number of nitro benzene ring substituents is 1. The Hall–Kier alpha value is -4.00. The van der Waals surface area contributed by atoms with Crippen LogP contribution in [0.5, 0.6) is 0 Å². The summed E-state index contributed by atoms with van der Waals surface area (Å²) >= 11 is 0. The third kappa shape index (κ3) is 4.88. The largest absolute Gasteiger partial charge is 0.444 e. The predicted octanol–water partition coefficient (Wildman–Crippen LogP) is 4.75. The van der Waals surface area contributed by atoms with Gasteiger partial charge in [-0.05, 0) is 32.0 Å². The van der Waals surface area contributed by atoms with Gasteiger partial charge in [0.15, 0.2) is 0 Å².